The lowest BCUT2D eigenvalue weighted by atomic mass is 10.1. The molecule has 5 aromatic heterocycles. The van der Waals surface area contributed by atoms with Crippen LogP contribution in [0.5, 0.6) is 23.0 Å². The number of nitrogens with one attached hydrogen (secondary N) is 3. The number of aromatic nitrogens is 8. The Kier molecular flexibility index (Phi) is 30.2. The van der Waals surface area contributed by atoms with Crippen molar-refractivity contribution in [2.24, 2.45) is 0 Å². The smallest absolute Gasteiger partial charge is 0.217 e. The van der Waals surface area contributed by atoms with Crippen molar-refractivity contribution in [2.75, 3.05) is 34.9 Å². The van der Waals surface area contributed by atoms with Gasteiger partial charge in [-0.25, -0.2) is 57.4 Å². The quantitative estimate of drug-likeness (QED) is 0.0240. The van der Waals surface area contributed by atoms with Gasteiger partial charge in [-0.2, -0.15) is 0 Å². The summed E-state index contributed by atoms with van der Waals surface area (Å²) >= 11 is 37.8. The molecule has 1 aliphatic heterocycles. The maximum absolute atomic E-state index is 13.4. The standard InChI is InChI=1S/C28H21ClFN3O4.2C21H14ClFIN3O.C13H11ClFNO.C8H4ClIN2/c29-22-14-20(5-7-25(22)36-15-17-2-1-3-19(30)12-17)33-27-21-13-18(4-6-23(21)31-16-32-27)24-8-9-26(37-24)28-34-10-11-35-28;2*22-18-10-16(5-7-20(18)28-11-13-2-1-3-14(23)8-13)27-21-17-9-15(24)4-6-19(17)25-12-26-21;14-12-7-11(16)4-5-13(12)17-8-9-2-1-3-10(15)6-9;9-8-6-3-5(10)1-2-7(6)11-4-12-8/h1-9,12-14,16,28H,10-11,15H2,(H,31,32,33);2*1-10,12H,11H2,(H,25,26,27);1-7H,8,16H2;1-4H. The molecular weight excluding hydrogens is 2010 g/mol. The number of benzene rings is 12. The van der Waals surface area contributed by atoms with E-state index in [0.717, 1.165) is 93.6 Å². The van der Waals surface area contributed by atoms with Gasteiger partial charge in [-0.1, -0.05) is 107 Å². The third kappa shape index (κ3) is 24.2. The van der Waals surface area contributed by atoms with E-state index in [1.165, 1.54) is 73.8 Å². The van der Waals surface area contributed by atoms with Crippen LogP contribution in [0.1, 0.15) is 34.3 Å². The highest BCUT2D eigenvalue weighted by Crippen LogP contribution is 2.38. The van der Waals surface area contributed by atoms with Gasteiger partial charge in [0.1, 0.15) is 126 Å². The molecule has 0 radical (unpaired) electrons. The SMILES string of the molecule is Clc1ncnc2ccc(I)cc12.Fc1cccc(COc2ccc(Nc3ncnc4ccc(-c5ccc(C6OCCO6)o5)cc34)cc2Cl)c1.Fc1cccc(COc2ccc(Nc3ncnc4ccc(I)cc34)cc2Cl)c1.Fc1cccc(COc2ccc(Nc3ncnc4ccc(I)cc34)cc2Cl)c1.Nc1ccc(OCc2cccc(F)c2)c(Cl)c1. The first-order valence-electron chi connectivity index (χ1n) is 36.9. The van der Waals surface area contributed by atoms with Crippen LogP contribution in [0.4, 0.5) is 57.8 Å². The van der Waals surface area contributed by atoms with Gasteiger partial charge in [-0.15, -0.1) is 0 Å². The third-order valence-electron chi connectivity index (χ3n) is 17.8. The Morgan fingerprint density at radius 2 is 0.697 bits per heavy atom. The first-order valence-corrected chi connectivity index (χ1v) is 42.0. The maximum Gasteiger partial charge on any atom is 0.217 e. The van der Waals surface area contributed by atoms with Crippen molar-refractivity contribution < 1.29 is 50.4 Å². The summed E-state index contributed by atoms with van der Waals surface area (Å²) in [4.78, 5) is 34.1. The van der Waals surface area contributed by atoms with Crippen LogP contribution in [0.3, 0.4) is 0 Å². The summed E-state index contributed by atoms with van der Waals surface area (Å²) in [6.45, 7) is 2.04. The maximum atomic E-state index is 13.4. The lowest BCUT2D eigenvalue weighted by Gasteiger charge is -2.12. The van der Waals surface area contributed by atoms with E-state index in [1.54, 1.807) is 103 Å². The van der Waals surface area contributed by atoms with Crippen molar-refractivity contribution in [3.63, 3.8) is 0 Å². The number of rotatable bonds is 20. The average Bonchev–Trinajstić information content (AvgIpc) is 1.37. The van der Waals surface area contributed by atoms with Crippen LogP contribution in [-0.4, -0.2) is 53.1 Å². The van der Waals surface area contributed by atoms with E-state index in [1.807, 2.05) is 103 Å². The Balaban J connectivity index is 0.000000130. The van der Waals surface area contributed by atoms with E-state index in [2.05, 4.69) is 124 Å². The van der Waals surface area contributed by atoms with Crippen molar-refractivity contribution in [3.8, 4) is 34.3 Å². The fourth-order valence-corrected chi connectivity index (χ4v) is 14.6. The number of nitrogen functional groups attached to an aromatic ring is 1. The zero-order chi connectivity index (χ0) is 85.0. The summed E-state index contributed by atoms with van der Waals surface area (Å²) in [5, 5.41) is 15.7. The molecule has 0 amide bonds. The zero-order valence-electron chi connectivity index (χ0n) is 63.4. The van der Waals surface area contributed by atoms with Crippen LogP contribution >= 0.6 is 126 Å². The molecule has 31 heteroatoms. The number of halogens is 12. The monoisotopic (exact) mass is 2070 g/mol. The number of anilines is 7. The van der Waals surface area contributed by atoms with Crippen LogP contribution in [0.15, 0.2) is 285 Å². The molecule has 0 aliphatic carbocycles. The summed E-state index contributed by atoms with van der Waals surface area (Å²) in [6, 6.07) is 73.6. The molecule has 0 unspecified atom stereocenters. The van der Waals surface area contributed by atoms with E-state index < -0.39 is 6.29 Å². The second-order valence-electron chi connectivity index (χ2n) is 26.5. The molecule has 122 heavy (non-hydrogen) atoms. The fourth-order valence-electron chi connectivity index (χ4n) is 12.0. The highest BCUT2D eigenvalue weighted by molar-refractivity contribution is 14.1. The normalized spacial score (nSPS) is 11.6. The summed E-state index contributed by atoms with van der Waals surface area (Å²) in [7, 11) is 0. The van der Waals surface area contributed by atoms with Crippen LogP contribution in [-0.2, 0) is 35.9 Å². The van der Waals surface area contributed by atoms with Gasteiger partial charge in [0, 0.05) is 60.6 Å². The largest absolute Gasteiger partial charge is 0.487 e. The fraction of sp³-hybridized carbons (Fsp3) is 0.0769. The Morgan fingerprint density at radius 1 is 0.352 bits per heavy atom. The number of ether oxygens (including phenoxy) is 6. The van der Waals surface area contributed by atoms with Crippen LogP contribution < -0.4 is 40.6 Å². The molecule has 17 aromatic rings. The Hall–Kier alpha value is -11.0. The molecule has 5 N–H and O–H groups in total. The van der Waals surface area contributed by atoms with Crippen molar-refractivity contribution in [1.29, 1.82) is 0 Å². The summed E-state index contributed by atoms with van der Waals surface area (Å²) in [5.74, 6) is 4.24. The van der Waals surface area contributed by atoms with Gasteiger partial charge >= 0.3 is 0 Å². The van der Waals surface area contributed by atoms with Crippen molar-refractivity contribution in [2.45, 2.75) is 32.7 Å². The molecule has 19 nitrogen and oxygen atoms in total. The minimum atomic E-state index is -0.472. The molecule has 0 atom stereocenters. The minimum Gasteiger partial charge on any atom is -0.487 e. The molecular formula is C91H64Cl5F4I3N12O7. The van der Waals surface area contributed by atoms with E-state index >= 15 is 0 Å². The second-order valence-corrected chi connectivity index (χ2v) is 32.2. The van der Waals surface area contributed by atoms with E-state index in [0.29, 0.717) is 102 Å². The summed E-state index contributed by atoms with van der Waals surface area (Å²) < 4.78 is 95.9. The zero-order valence-corrected chi connectivity index (χ0v) is 73.7. The molecule has 18 rings (SSSR count). The molecule has 0 spiro atoms. The molecule has 6 heterocycles. The third-order valence-corrected chi connectivity index (χ3v) is 21.3. The predicted octanol–water partition coefficient (Wildman–Crippen LogP) is 26.3. The lowest BCUT2D eigenvalue weighted by Crippen LogP contribution is -1.99. The highest BCUT2D eigenvalue weighted by Gasteiger charge is 2.23. The highest BCUT2D eigenvalue weighted by atomic mass is 127. The average molecular weight is 2070 g/mol. The van der Waals surface area contributed by atoms with Gasteiger partial charge in [-0.05, 0) is 296 Å². The minimum absolute atomic E-state index is 0.205. The van der Waals surface area contributed by atoms with Gasteiger partial charge in [-0.3, -0.25) is 0 Å². The summed E-state index contributed by atoms with van der Waals surface area (Å²) in [5.41, 5.74) is 15.6. The molecule has 0 bridgehead atoms. The Labute approximate surface area is 762 Å². The topological polar surface area (TPSA) is 234 Å². The van der Waals surface area contributed by atoms with Crippen molar-refractivity contribution in [1.82, 2.24) is 39.9 Å². The predicted molar refractivity (Wildman–Crippen MR) is 497 cm³/mol. The number of fused-ring (bicyclic) bond motifs is 4. The van der Waals surface area contributed by atoms with E-state index in [-0.39, 0.29) is 49.7 Å². The molecule has 12 aromatic carbocycles. The van der Waals surface area contributed by atoms with Crippen LogP contribution in [0.25, 0.3) is 54.9 Å². The van der Waals surface area contributed by atoms with E-state index in [9.17, 15) is 17.6 Å². The number of nitrogens with two attached hydrogens (primary N) is 1. The molecule has 0 saturated carbocycles. The number of hydrogen-bond donors (Lipinski definition) is 4. The van der Waals surface area contributed by atoms with Crippen molar-refractivity contribution >= 4 is 210 Å². The Bertz CT molecular complexity index is 6400. The molecule has 1 saturated heterocycles. The van der Waals surface area contributed by atoms with Gasteiger partial charge in [0.2, 0.25) is 6.29 Å². The van der Waals surface area contributed by atoms with Crippen molar-refractivity contribution in [3.05, 3.63) is 367 Å². The first-order chi connectivity index (χ1) is 59.2. The van der Waals surface area contributed by atoms with Gasteiger partial charge in [0.15, 0.2) is 5.76 Å². The molecule has 1 fully saturated rings. The first kappa shape index (κ1) is 87.3. The van der Waals surface area contributed by atoms with E-state index in [4.69, 9.17) is 96.6 Å². The second kappa shape index (κ2) is 42.2. The van der Waals surface area contributed by atoms with Gasteiger partial charge < -0.3 is 54.5 Å². The number of hydrogen-bond acceptors (Lipinski definition) is 19. The molecule has 1 aliphatic rings. The molecule has 614 valence electrons. The summed E-state index contributed by atoms with van der Waals surface area (Å²) in [6.07, 6.45) is 5.55. The Morgan fingerprint density at radius 3 is 1.07 bits per heavy atom. The van der Waals surface area contributed by atoms with Crippen LogP contribution in [0.2, 0.25) is 25.2 Å². The van der Waals surface area contributed by atoms with Crippen LogP contribution in [0, 0.1) is 34.0 Å². The van der Waals surface area contributed by atoms with Gasteiger partial charge in [0.25, 0.3) is 0 Å². The van der Waals surface area contributed by atoms with Gasteiger partial charge in [0.05, 0.1) is 55.4 Å². The number of nitrogens with zero attached hydrogens (tertiary/aromatic N) is 8. The number of furan rings is 1. The lowest BCUT2D eigenvalue weighted by molar-refractivity contribution is -0.0585.